The second-order valence-corrected chi connectivity index (χ2v) is 10.8. The highest BCUT2D eigenvalue weighted by molar-refractivity contribution is 5.97. The summed E-state index contributed by atoms with van der Waals surface area (Å²) >= 11 is 0. The van der Waals surface area contributed by atoms with Crippen LogP contribution in [0.25, 0.3) is 5.70 Å². The first-order valence-electron chi connectivity index (χ1n) is 12.5. The molecule has 2 bridgehead atoms. The van der Waals surface area contributed by atoms with Crippen molar-refractivity contribution in [3.05, 3.63) is 76.4 Å². The third kappa shape index (κ3) is 3.37. The average Bonchev–Trinajstić information content (AvgIpc) is 3.69. The van der Waals surface area contributed by atoms with Crippen molar-refractivity contribution in [3.8, 4) is 0 Å². The van der Waals surface area contributed by atoms with Crippen LogP contribution in [-0.4, -0.2) is 17.6 Å². The molecule has 4 fully saturated rings. The summed E-state index contributed by atoms with van der Waals surface area (Å²) in [6, 6.07) is 17.9. The molecular weight excluding hydrogens is 394 g/mol. The second-order valence-electron chi connectivity index (χ2n) is 10.8. The van der Waals surface area contributed by atoms with E-state index >= 15 is 0 Å². The number of aryl methyl sites for hydroxylation is 1. The van der Waals surface area contributed by atoms with Gasteiger partial charge >= 0.3 is 5.97 Å². The lowest BCUT2D eigenvalue weighted by Gasteiger charge is -2.54. The summed E-state index contributed by atoms with van der Waals surface area (Å²) in [5.41, 5.74) is 7.53. The monoisotopic (exact) mass is 427 g/mol. The summed E-state index contributed by atoms with van der Waals surface area (Å²) in [7, 11) is 0. The van der Waals surface area contributed by atoms with Crippen molar-refractivity contribution in [1.29, 1.82) is 0 Å². The number of benzene rings is 2. The Balaban J connectivity index is 1.18. The Morgan fingerprint density at radius 2 is 1.59 bits per heavy atom. The predicted molar refractivity (Wildman–Crippen MR) is 128 cm³/mol. The van der Waals surface area contributed by atoms with Gasteiger partial charge in [0.25, 0.3) is 0 Å². The quantitative estimate of drug-likeness (QED) is 0.578. The number of carboxylic acid groups (broad SMARTS) is 1. The second kappa shape index (κ2) is 7.50. The maximum Gasteiger partial charge on any atom is 0.333 e. The number of carboxylic acids is 1. The molecule has 2 aromatic rings. The van der Waals surface area contributed by atoms with Crippen LogP contribution >= 0.6 is 0 Å². The number of fused-ring (bicyclic) bond motifs is 4. The first-order chi connectivity index (χ1) is 15.6. The van der Waals surface area contributed by atoms with Crippen LogP contribution in [0.2, 0.25) is 0 Å². The van der Waals surface area contributed by atoms with E-state index in [2.05, 4.69) is 47.8 Å². The first kappa shape index (κ1) is 20.1. The van der Waals surface area contributed by atoms with Crippen LogP contribution in [0.15, 0.2) is 54.1 Å². The van der Waals surface area contributed by atoms with Crippen molar-refractivity contribution in [2.45, 2.75) is 75.5 Å². The Kier molecular flexibility index (Phi) is 4.71. The molecule has 0 aromatic heterocycles. The molecule has 0 saturated heterocycles. The van der Waals surface area contributed by atoms with Gasteiger partial charge in [-0.05, 0) is 97.6 Å². The fourth-order valence-corrected chi connectivity index (χ4v) is 6.71. The van der Waals surface area contributed by atoms with Crippen molar-refractivity contribution in [3.63, 3.8) is 0 Å². The van der Waals surface area contributed by atoms with Gasteiger partial charge in [0.15, 0.2) is 0 Å². The van der Waals surface area contributed by atoms with Crippen LogP contribution in [0.3, 0.4) is 0 Å². The summed E-state index contributed by atoms with van der Waals surface area (Å²) in [5.74, 6) is 0.0494. The van der Waals surface area contributed by atoms with E-state index in [4.69, 9.17) is 0 Å². The molecule has 0 unspecified atom stereocenters. The molecule has 3 nitrogen and oxygen atoms in total. The Morgan fingerprint density at radius 3 is 2.25 bits per heavy atom. The van der Waals surface area contributed by atoms with Crippen molar-refractivity contribution < 1.29 is 9.90 Å². The third-order valence-corrected chi connectivity index (χ3v) is 9.10. The Morgan fingerprint density at radius 1 is 0.906 bits per heavy atom. The van der Waals surface area contributed by atoms with Gasteiger partial charge in [0.1, 0.15) is 0 Å². The fourth-order valence-electron chi connectivity index (χ4n) is 6.71. The van der Waals surface area contributed by atoms with Crippen LogP contribution in [-0.2, 0) is 16.6 Å². The molecule has 3 heteroatoms. The zero-order valence-corrected chi connectivity index (χ0v) is 18.8. The molecule has 0 heterocycles. The average molecular weight is 428 g/mol. The summed E-state index contributed by atoms with van der Waals surface area (Å²) in [6.07, 6.45) is 11.7. The van der Waals surface area contributed by atoms with Gasteiger partial charge in [-0.15, -0.1) is 0 Å². The minimum Gasteiger partial charge on any atom is -0.478 e. The van der Waals surface area contributed by atoms with Crippen molar-refractivity contribution in [2.75, 3.05) is 6.54 Å². The number of aliphatic carboxylic acids is 1. The highest BCUT2D eigenvalue weighted by Crippen LogP contribution is 2.58. The molecule has 0 spiro atoms. The minimum absolute atomic E-state index is 0.304. The van der Waals surface area contributed by atoms with Gasteiger partial charge in [-0.25, -0.2) is 4.79 Å². The largest absolute Gasteiger partial charge is 0.478 e. The molecule has 0 amide bonds. The van der Waals surface area contributed by atoms with E-state index in [-0.39, 0.29) is 0 Å². The topological polar surface area (TPSA) is 49.3 Å². The molecule has 0 aliphatic heterocycles. The van der Waals surface area contributed by atoms with Crippen LogP contribution in [0.1, 0.15) is 86.0 Å². The molecule has 166 valence electrons. The summed E-state index contributed by atoms with van der Waals surface area (Å²) in [4.78, 5) is 12.0. The van der Waals surface area contributed by atoms with Crippen LogP contribution in [0.4, 0.5) is 0 Å². The molecule has 7 rings (SSSR count). The Bertz CT molecular complexity index is 1050. The van der Waals surface area contributed by atoms with Crippen molar-refractivity contribution in [2.24, 2.45) is 5.41 Å². The van der Waals surface area contributed by atoms with E-state index in [1.807, 2.05) is 6.07 Å². The van der Waals surface area contributed by atoms with E-state index in [0.717, 1.165) is 30.1 Å². The zero-order chi connectivity index (χ0) is 21.8. The summed E-state index contributed by atoms with van der Waals surface area (Å²) < 4.78 is 0. The van der Waals surface area contributed by atoms with E-state index in [9.17, 15) is 9.90 Å². The fraction of sp³-hybridized carbons (Fsp3) is 0.483. The Labute approximate surface area is 190 Å². The molecular formula is C29H33NO2. The lowest BCUT2D eigenvalue weighted by molar-refractivity contribution is -0.132. The third-order valence-electron chi connectivity index (χ3n) is 9.10. The smallest absolute Gasteiger partial charge is 0.333 e. The number of carbonyl (C=O) groups is 1. The SMILES string of the molecule is O=C(O)C1=C(NCC23CCC(c4ccc(C5CC5)cc4)(CC2)CC3)c2ccccc2CC1. The first-order valence-corrected chi connectivity index (χ1v) is 12.5. The molecule has 0 radical (unpaired) electrons. The van der Waals surface area contributed by atoms with Crippen LogP contribution < -0.4 is 5.32 Å². The standard InChI is InChI=1S/C29H33NO2/c31-27(32)25-12-9-22-3-1-2-4-24(22)26(25)30-19-28-13-16-29(17-14-28,18-15-28)23-10-7-21(8-11-23)20-5-6-20/h1-4,7-8,10-11,20,30H,5-6,9,12-19H2,(H,31,32). The van der Waals surface area contributed by atoms with Gasteiger partial charge in [0.2, 0.25) is 0 Å². The molecule has 0 atom stereocenters. The summed E-state index contributed by atoms with van der Waals surface area (Å²) in [5, 5.41) is 13.5. The highest BCUT2D eigenvalue weighted by Gasteiger charge is 2.49. The lowest BCUT2D eigenvalue weighted by atomic mass is 9.52. The number of nitrogens with one attached hydrogen (secondary N) is 1. The van der Waals surface area contributed by atoms with E-state index in [1.54, 1.807) is 5.56 Å². The highest BCUT2D eigenvalue weighted by atomic mass is 16.4. The van der Waals surface area contributed by atoms with E-state index in [1.165, 1.54) is 62.5 Å². The zero-order valence-electron chi connectivity index (χ0n) is 18.8. The molecule has 4 saturated carbocycles. The predicted octanol–water partition coefficient (Wildman–Crippen LogP) is 6.19. The maximum absolute atomic E-state index is 12.0. The summed E-state index contributed by atoms with van der Waals surface area (Å²) in [6.45, 7) is 0.893. The maximum atomic E-state index is 12.0. The molecule has 5 aliphatic rings. The molecule has 2 aromatic carbocycles. The normalized spacial score (nSPS) is 29.0. The Hall–Kier alpha value is -2.55. The van der Waals surface area contributed by atoms with Crippen molar-refractivity contribution in [1.82, 2.24) is 5.32 Å². The van der Waals surface area contributed by atoms with Gasteiger partial charge < -0.3 is 10.4 Å². The van der Waals surface area contributed by atoms with Gasteiger partial charge in [-0.2, -0.15) is 0 Å². The van der Waals surface area contributed by atoms with Gasteiger partial charge in [0, 0.05) is 12.1 Å². The molecule has 32 heavy (non-hydrogen) atoms. The minimum atomic E-state index is -0.777. The number of hydrogen-bond acceptors (Lipinski definition) is 2. The van der Waals surface area contributed by atoms with Crippen LogP contribution in [0, 0.1) is 5.41 Å². The number of rotatable bonds is 6. The van der Waals surface area contributed by atoms with E-state index < -0.39 is 5.97 Å². The number of hydrogen-bond donors (Lipinski definition) is 2. The van der Waals surface area contributed by atoms with E-state index in [0.29, 0.717) is 22.8 Å². The van der Waals surface area contributed by atoms with Crippen molar-refractivity contribution >= 4 is 11.7 Å². The lowest BCUT2D eigenvalue weighted by Crippen LogP contribution is -2.48. The molecule has 5 aliphatic carbocycles. The molecule has 2 N–H and O–H groups in total. The van der Waals surface area contributed by atoms with Gasteiger partial charge in [-0.3, -0.25) is 0 Å². The van der Waals surface area contributed by atoms with Gasteiger partial charge in [0.05, 0.1) is 11.3 Å². The van der Waals surface area contributed by atoms with Crippen LogP contribution in [0.5, 0.6) is 0 Å². The van der Waals surface area contributed by atoms with Gasteiger partial charge in [-0.1, -0.05) is 48.5 Å².